The number of methoxy groups -OCH3 is 2. The van der Waals surface area contributed by atoms with Crippen LogP contribution < -0.4 is 14.8 Å². The van der Waals surface area contributed by atoms with E-state index in [4.69, 9.17) is 9.47 Å². The smallest absolute Gasteiger partial charge is 0.255 e. The van der Waals surface area contributed by atoms with Gasteiger partial charge in [-0.1, -0.05) is 13.8 Å². The molecular weight excluding hydrogens is 366 g/mol. The van der Waals surface area contributed by atoms with E-state index in [1.54, 1.807) is 32.4 Å². The topological polar surface area (TPSA) is 55.7 Å². The first-order valence-corrected chi connectivity index (χ1v) is 9.94. The molecule has 0 fully saturated rings. The zero-order valence-corrected chi connectivity index (χ0v) is 17.6. The third-order valence-electron chi connectivity index (χ3n) is 5.23. The third kappa shape index (κ3) is 4.71. The Labute approximate surface area is 172 Å². The number of benzene rings is 2. The molecule has 6 nitrogen and oxygen atoms in total. The van der Waals surface area contributed by atoms with Crippen LogP contribution in [0.15, 0.2) is 48.7 Å². The Kier molecular flexibility index (Phi) is 6.77. The molecule has 154 valence electrons. The number of ether oxygens (including phenoxy) is 2. The molecule has 0 bridgehead atoms. The first-order chi connectivity index (χ1) is 14.1. The molecule has 0 spiro atoms. The number of fused-ring (bicyclic) bond motifs is 1. The normalized spacial score (nSPS) is 11.1. The quantitative estimate of drug-likeness (QED) is 0.588. The number of hydrogen-bond donors (Lipinski definition) is 1. The summed E-state index contributed by atoms with van der Waals surface area (Å²) in [5, 5.41) is 4.07. The summed E-state index contributed by atoms with van der Waals surface area (Å²) in [6.45, 7) is 8.45. The molecule has 29 heavy (non-hydrogen) atoms. The summed E-state index contributed by atoms with van der Waals surface area (Å²) in [6.07, 6.45) is 2.11. The molecule has 1 amide bonds. The van der Waals surface area contributed by atoms with Crippen LogP contribution in [0.4, 0.5) is 5.69 Å². The van der Waals surface area contributed by atoms with Crippen molar-refractivity contribution >= 4 is 22.5 Å². The summed E-state index contributed by atoms with van der Waals surface area (Å²) < 4.78 is 12.8. The standard InChI is InChI=1S/C23H29N3O3/c1-5-25(6-2)13-14-26-12-11-17-15-19(8-9-20(17)26)24-23(27)18-7-10-21(28-3)22(16-18)29-4/h7-12,15-16H,5-6,13-14H2,1-4H3,(H,24,27). The van der Waals surface area contributed by atoms with Gasteiger partial charge >= 0.3 is 0 Å². The van der Waals surface area contributed by atoms with Crippen molar-refractivity contribution < 1.29 is 14.3 Å². The zero-order valence-electron chi connectivity index (χ0n) is 17.6. The second kappa shape index (κ2) is 9.47. The highest BCUT2D eigenvalue weighted by molar-refractivity contribution is 6.05. The molecule has 3 aromatic rings. The molecular formula is C23H29N3O3. The highest BCUT2D eigenvalue weighted by Gasteiger charge is 2.12. The minimum absolute atomic E-state index is 0.189. The summed E-state index contributed by atoms with van der Waals surface area (Å²) in [6, 6.07) is 13.2. The Morgan fingerprint density at radius 2 is 1.76 bits per heavy atom. The molecule has 3 rings (SSSR count). The molecule has 6 heteroatoms. The van der Waals surface area contributed by atoms with Gasteiger partial charge in [-0.25, -0.2) is 0 Å². The Balaban J connectivity index is 1.73. The molecule has 0 unspecified atom stereocenters. The summed E-state index contributed by atoms with van der Waals surface area (Å²) >= 11 is 0. The van der Waals surface area contributed by atoms with Crippen LogP contribution in [0.1, 0.15) is 24.2 Å². The van der Waals surface area contributed by atoms with E-state index >= 15 is 0 Å². The number of anilines is 1. The summed E-state index contributed by atoms with van der Waals surface area (Å²) in [5.74, 6) is 0.934. The lowest BCUT2D eigenvalue weighted by Crippen LogP contribution is -2.26. The number of nitrogens with one attached hydrogen (secondary N) is 1. The lowest BCUT2D eigenvalue weighted by Gasteiger charge is -2.18. The van der Waals surface area contributed by atoms with Gasteiger partial charge in [-0.3, -0.25) is 4.79 Å². The summed E-state index contributed by atoms with van der Waals surface area (Å²) in [4.78, 5) is 15.1. The monoisotopic (exact) mass is 395 g/mol. The fraction of sp³-hybridized carbons (Fsp3) is 0.348. The van der Waals surface area contributed by atoms with E-state index in [0.717, 1.165) is 37.3 Å². The maximum Gasteiger partial charge on any atom is 0.255 e. The van der Waals surface area contributed by atoms with Crippen molar-refractivity contribution in [3.63, 3.8) is 0 Å². The van der Waals surface area contributed by atoms with E-state index in [0.29, 0.717) is 17.1 Å². The molecule has 0 atom stereocenters. The number of aromatic nitrogens is 1. The van der Waals surface area contributed by atoms with Gasteiger partial charge in [-0.2, -0.15) is 0 Å². The average Bonchev–Trinajstić information content (AvgIpc) is 3.16. The molecule has 0 aliphatic rings. The van der Waals surface area contributed by atoms with Crippen molar-refractivity contribution in [1.82, 2.24) is 9.47 Å². The van der Waals surface area contributed by atoms with Crippen molar-refractivity contribution in [2.24, 2.45) is 0 Å². The lowest BCUT2D eigenvalue weighted by molar-refractivity contribution is 0.102. The SMILES string of the molecule is CCN(CC)CCn1ccc2cc(NC(=O)c3ccc(OC)c(OC)c3)ccc21. The minimum atomic E-state index is -0.189. The van der Waals surface area contributed by atoms with E-state index in [-0.39, 0.29) is 5.91 Å². The fourth-order valence-corrected chi connectivity index (χ4v) is 3.44. The average molecular weight is 396 g/mol. The van der Waals surface area contributed by atoms with Crippen LogP contribution in [0.25, 0.3) is 10.9 Å². The van der Waals surface area contributed by atoms with E-state index in [2.05, 4.69) is 47.0 Å². The molecule has 0 aliphatic heterocycles. The molecule has 0 aliphatic carbocycles. The number of carbonyl (C=O) groups excluding carboxylic acids is 1. The number of rotatable bonds is 9. The highest BCUT2D eigenvalue weighted by atomic mass is 16.5. The van der Waals surface area contributed by atoms with Crippen molar-refractivity contribution in [1.29, 1.82) is 0 Å². The fourth-order valence-electron chi connectivity index (χ4n) is 3.44. The number of hydrogen-bond acceptors (Lipinski definition) is 4. The predicted molar refractivity (Wildman–Crippen MR) is 117 cm³/mol. The maximum atomic E-state index is 12.6. The molecule has 0 saturated heterocycles. The van der Waals surface area contributed by atoms with Crippen LogP contribution in [0.5, 0.6) is 11.5 Å². The van der Waals surface area contributed by atoms with Crippen LogP contribution >= 0.6 is 0 Å². The lowest BCUT2D eigenvalue weighted by atomic mass is 10.1. The number of likely N-dealkylation sites (N-methyl/N-ethyl adjacent to an activating group) is 1. The van der Waals surface area contributed by atoms with Gasteiger partial charge < -0.3 is 24.3 Å². The van der Waals surface area contributed by atoms with E-state index in [1.165, 1.54) is 5.52 Å². The molecule has 1 N–H and O–H groups in total. The Morgan fingerprint density at radius 1 is 1.00 bits per heavy atom. The Bertz CT molecular complexity index is 977. The Hall–Kier alpha value is -2.99. The van der Waals surface area contributed by atoms with Crippen molar-refractivity contribution in [3.05, 3.63) is 54.2 Å². The van der Waals surface area contributed by atoms with Gasteiger partial charge in [0, 0.05) is 41.4 Å². The minimum Gasteiger partial charge on any atom is -0.493 e. The molecule has 2 aromatic carbocycles. The van der Waals surface area contributed by atoms with E-state index in [9.17, 15) is 4.79 Å². The van der Waals surface area contributed by atoms with E-state index in [1.807, 2.05) is 12.1 Å². The summed E-state index contributed by atoms with van der Waals surface area (Å²) in [7, 11) is 3.12. The van der Waals surface area contributed by atoms with Gasteiger partial charge in [0.05, 0.1) is 14.2 Å². The molecule has 0 radical (unpaired) electrons. The first kappa shape index (κ1) is 20.7. The van der Waals surface area contributed by atoms with Gasteiger partial charge in [0.15, 0.2) is 11.5 Å². The summed E-state index contributed by atoms with van der Waals surface area (Å²) in [5.41, 5.74) is 2.44. The van der Waals surface area contributed by atoms with Gasteiger partial charge in [0.1, 0.15) is 0 Å². The maximum absolute atomic E-state index is 12.6. The van der Waals surface area contributed by atoms with Crippen molar-refractivity contribution in [3.8, 4) is 11.5 Å². The largest absolute Gasteiger partial charge is 0.493 e. The van der Waals surface area contributed by atoms with Crippen LogP contribution in [-0.2, 0) is 6.54 Å². The second-order valence-corrected chi connectivity index (χ2v) is 6.83. The van der Waals surface area contributed by atoms with Gasteiger partial charge in [-0.15, -0.1) is 0 Å². The first-order valence-electron chi connectivity index (χ1n) is 9.94. The number of nitrogens with zero attached hydrogens (tertiary/aromatic N) is 2. The molecule has 0 saturated carbocycles. The van der Waals surface area contributed by atoms with E-state index < -0.39 is 0 Å². The van der Waals surface area contributed by atoms with Crippen LogP contribution in [0, 0.1) is 0 Å². The van der Waals surface area contributed by atoms with Gasteiger partial charge in [0.25, 0.3) is 5.91 Å². The highest BCUT2D eigenvalue weighted by Crippen LogP contribution is 2.28. The third-order valence-corrected chi connectivity index (χ3v) is 5.23. The number of amides is 1. The van der Waals surface area contributed by atoms with Crippen molar-refractivity contribution in [2.45, 2.75) is 20.4 Å². The predicted octanol–water partition coefficient (Wildman–Crippen LogP) is 4.25. The van der Waals surface area contributed by atoms with Crippen LogP contribution in [0.2, 0.25) is 0 Å². The second-order valence-electron chi connectivity index (χ2n) is 6.83. The van der Waals surface area contributed by atoms with Crippen LogP contribution in [0.3, 0.4) is 0 Å². The Morgan fingerprint density at radius 3 is 2.45 bits per heavy atom. The van der Waals surface area contributed by atoms with Crippen molar-refractivity contribution in [2.75, 3.05) is 39.2 Å². The molecule has 1 heterocycles. The number of carbonyl (C=O) groups is 1. The molecule has 1 aromatic heterocycles. The zero-order chi connectivity index (χ0) is 20.8. The van der Waals surface area contributed by atoms with Gasteiger partial charge in [-0.05, 0) is 55.6 Å². The van der Waals surface area contributed by atoms with Gasteiger partial charge in [0.2, 0.25) is 0 Å². The van der Waals surface area contributed by atoms with Crippen LogP contribution in [-0.4, -0.2) is 49.2 Å².